The summed E-state index contributed by atoms with van der Waals surface area (Å²) in [7, 11) is 0. The summed E-state index contributed by atoms with van der Waals surface area (Å²) in [6.07, 6.45) is 0.623. The highest BCUT2D eigenvalue weighted by Crippen LogP contribution is 2.30. The molecule has 0 aliphatic carbocycles. The first-order valence-corrected chi connectivity index (χ1v) is 5.66. The van der Waals surface area contributed by atoms with Crippen LogP contribution in [0.5, 0.6) is 0 Å². The van der Waals surface area contributed by atoms with Crippen molar-refractivity contribution in [2.24, 2.45) is 5.73 Å². The van der Waals surface area contributed by atoms with Crippen LogP contribution in [0.25, 0.3) is 0 Å². The standard InChI is InChI=1S/C10H12Cl2N2S/c1-6(5-9(13)15)14-8-4-2-3-7(11)10(8)12/h2-4,6,14H,5H2,1H3,(H2,13,15). The molecule has 0 radical (unpaired) electrons. The van der Waals surface area contributed by atoms with Crippen LogP contribution in [-0.2, 0) is 0 Å². The second kappa shape index (κ2) is 5.54. The Morgan fingerprint density at radius 1 is 1.53 bits per heavy atom. The highest BCUT2D eigenvalue weighted by molar-refractivity contribution is 7.80. The average molecular weight is 263 g/mol. The highest BCUT2D eigenvalue weighted by atomic mass is 35.5. The minimum atomic E-state index is 0.137. The largest absolute Gasteiger partial charge is 0.393 e. The van der Waals surface area contributed by atoms with Crippen molar-refractivity contribution in [2.75, 3.05) is 5.32 Å². The van der Waals surface area contributed by atoms with Crippen molar-refractivity contribution in [3.63, 3.8) is 0 Å². The van der Waals surface area contributed by atoms with Crippen LogP contribution < -0.4 is 11.1 Å². The maximum absolute atomic E-state index is 6.02. The molecule has 0 aliphatic rings. The van der Waals surface area contributed by atoms with Crippen molar-refractivity contribution < 1.29 is 0 Å². The van der Waals surface area contributed by atoms with Gasteiger partial charge in [-0.3, -0.25) is 0 Å². The maximum Gasteiger partial charge on any atom is 0.0823 e. The molecule has 0 saturated carbocycles. The predicted octanol–water partition coefficient (Wildman–Crippen LogP) is 3.47. The Hall–Kier alpha value is -0.510. The van der Waals surface area contributed by atoms with Gasteiger partial charge in [-0.15, -0.1) is 0 Å². The predicted molar refractivity (Wildman–Crippen MR) is 70.9 cm³/mol. The van der Waals surface area contributed by atoms with Gasteiger partial charge in [-0.05, 0) is 19.1 Å². The Morgan fingerprint density at radius 2 is 2.20 bits per heavy atom. The molecule has 5 heteroatoms. The van der Waals surface area contributed by atoms with E-state index in [2.05, 4.69) is 5.32 Å². The molecule has 0 heterocycles. The van der Waals surface area contributed by atoms with E-state index in [1.54, 1.807) is 6.07 Å². The lowest BCUT2D eigenvalue weighted by molar-refractivity contribution is 0.840. The molecule has 1 aromatic rings. The van der Waals surface area contributed by atoms with E-state index in [4.69, 9.17) is 41.2 Å². The SMILES string of the molecule is CC(CC(N)=S)Nc1cccc(Cl)c1Cl. The second-order valence-electron chi connectivity index (χ2n) is 3.32. The van der Waals surface area contributed by atoms with E-state index in [0.29, 0.717) is 21.5 Å². The van der Waals surface area contributed by atoms with Gasteiger partial charge in [0, 0.05) is 12.5 Å². The van der Waals surface area contributed by atoms with Crippen molar-refractivity contribution >= 4 is 46.1 Å². The Balaban J connectivity index is 2.72. The van der Waals surface area contributed by atoms with Gasteiger partial charge in [0.25, 0.3) is 0 Å². The molecule has 0 fully saturated rings. The second-order valence-corrected chi connectivity index (χ2v) is 4.63. The van der Waals surface area contributed by atoms with Crippen molar-refractivity contribution in [2.45, 2.75) is 19.4 Å². The Bertz CT molecular complexity index is 368. The summed E-state index contributed by atoms with van der Waals surface area (Å²) in [5.41, 5.74) is 6.25. The molecule has 0 aliphatic heterocycles. The first kappa shape index (κ1) is 12.6. The number of benzene rings is 1. The van der Waals surface area contributed by atoms with E-state index < -0.39 is 0 Å². The molecule has 15 heavy (non-hydrogen) atoms. The fraction of sp³-hybridized carbons (Fsp3) is 0.300. The molecule has 0 amide bonds. The summed E-state index contributed by atoms with van der Waals surface area (Å²) in [6, 6.07) is 5.58. The number of anilines is 1. The van der Waals surface area contributed by atoms with E-state index in [0.717, 1.165) is 5.69 Å². The molecule has 1 aromatic carbocycles. The maximum atomic E-state index is 6.02. The van der Waals surface area contributed by atoms with Crippen LogP contribution in [0.15, 0.2) is 18.2 Å². The topological polar surface area (TPSA) is 38.0 Å². The first-order valence-electron chi connectivity index (χ1n) is 4.49. The minimum Gasteiger partial charge on any atom is -0.393 e. The number of halogens is 2. The number of hydrogen-bond donors (Lipinski definition) is 2. The van der Waals surface area contributed by atoms with Gasteiger partial charge >= 0.3 is 0 Å². The fourth-order valence-electron chi connectivity index (χ4n) is 1.23. The van der Waals surface area contributed by atoms with E-state index in [9.17, 15) is 0 Å². The monoisotopic (exact) mass is 262 g/mol. The Labute approximate surface area is 105 Å². The lowest BCUT2D eigenvalue weighted by atomic mass is 10.2. The van der Waals surface area contributed by atoms with Crippen LogP contribution in [0, 0.1) is 0 Å². The summed E-state index contributed by atoms with van der Waals surface area (Å²) in [4.78, 5) is 0.480. The normalized spacial score (nSPS) is 12.2. The Kier molecular flexibility index (Phi) is 4.64. The van der Waals surface area contributed by atoms with E-state index in [1.807, 2.05) is 19.1 Å². The van der Waals surface area contributed by atoms with Gasteiger partial charge < -0.3 is 11.1 Å². The summed E-state index contributed by atoms with van der Waals surface area (Å²) < 4.78 is 0. The lowest BCUT2D eigenvalue weighted by Crippen LogP contribution is -2.22. The van der Waals surface area contributed by atoms with Crippen molar-refractivity contribution in [3.8, 4) is 0 Å². The molecular weight excluding hydrogens is 251 g/mol. The van der Waals surface area contributed by atoms with Gasteiger partial charge in [0.1, 0.15) is 0 Å². The third kappa shape index (κ3) is 3.86. The summed E-state index contributed by atoms with van der Waals surface area (Å²) in [5.74, 6) is 0. The molecule has 0 bridgehead atoms. The average Bonchev–Trinajstić information content (AvgIpc) is 2.11. The summed E-state index contributed by atoms with van der Waals surface area (Å²) >= 11 is 16.7. The molecule has 1 rings (SSSR count). The van der Waals surface area contributed by atoms with Crippen LogP contribution in [0.3, 0.4) is 0 Å². The van der Waals surface area contributed by atoms with E-state index in [1.165, 1.54) is 0 Å². The van der Waals surface area contributed by atoms with Crippen LogP contribution in [-0.4, -0.2) is 11.0 Å². The third-order valence-corrected chi connectivity index (χ3v) is 2.85. The number of nitrogens with two attached hydrogens (primary N) is 1. The molecule has 1 unspecified atom stereocenters. The van der Waals surface area contributed by atoms with Gasteiger partial charge in [0.2, 0.25) is 0 Å². The lowest BCUT2D eigenvalue weighted by Gasteiger charge is -2.15. The van der Waals surface area contributed by atoms with Gasteiger partial charge in [-0.25, -0.2) is 0 Å². The fourth-order valence-corrected chi connectivity index (χ4v) is 1.84. The molecule has 0 spiro atoms. The smallest absolute Gasteiger partial charge is 0.0823 e. The number of thiocarbonyl (C=S) groups is 1. The Morgan fingerprint density at radius 3 is 2.80 bits per heavy atom. The van der Waals surface area contributed by atoms with Crippen molar-refractivity contribution in [1.82, 2.24) is 0 Å². The molecule has 0 saturated heterocycles. The van der Waals surface area contributed by atoms with Crippen molar-refractivity contribution in [3.05, 3.63) is 28.2 Å². The molecule has 0 aromatic heterocycles. The molecule has 3 N–H and O–H groups in total. The van der Waals surface area contributed by atoms with Gasteiger partial charge in [-0.1, -0.05) is 41.5 Å². The highest BCUT2D eigenvalue weighted by Gasteiger charge is 2.08. The number of nitrogens with one attached hydrogen (secondary N) is 1. The quantitative estimate of drug-likeness (QED) is 0.817. The molecule has 1 atom stereocenters. The number of hydrogen-bond acceptors (Lipinski definition) is 2. The minimum absolute atomic E-state index is 0.137. The zero-order chi connectivity index (χ0) is 11.4. The molecular formula is C10H12Cl2N2S. The molecule has 2 nitrogen and oxygen atoms in total. The zero-order valence-electron chi connectivity index (χ0n) is 8.26. The van der Waals surface area contributed by atoms with E-state index >= 15 is 0 Å². The third-order valence-electron chi connectivity index (χ3n) is 1.86. The summed E-state index contributed by atoms with van der Waals surface area (Å²) in [5, 5.41) is 4.25. The zero-order valence-corrected chi connectivity index (χ0v) is 10.6. The van der Waals surface area contributed by atoms with Crippen molar-refractivity contribution in [1.29, 1.82) is 0 Å². The van der Waals surface area contributed by atoms with Crippen LogP contribution in [0.1, 0.15) is 13.3 Å². The molecule has 82 valence electrons. The first-order chi connectivity index (χ1) is 7.00. The van der Waals surface area contributed by atoms with Crippen LogP contribution in [0.2, 0.25) is 10.0 Å². The van der Waals surface area contributed by atoms with E-state index in [-0.39, 0.29) is 6.04 Å². The van der Waals surface area contributed by atoms with Gasteiger partial charge in [0.05, 0.1) is 20.7 Å². The number of rotatable bonds is 4. The van der Waals surface area contributed by atoms with Crippen LogP contribution in [0.4, 0.5) is 5.69 Å². The van der Waals surface area contributed by atoms with Crippen LogP contribution >= 0.6 is 35.4 Å². The van der Waals surface area contributed by atoms with Gasteiger partial charge in [-0.2, -0.15) is 0 Å². The summed E-state index contributed by atoms with van der Waals surface area (Å²) in [6.45, 7) is 1.98. The van der Waals surface area contributed by atoms with Gasteiger partial charge in [0.15, 0.2) is 0 Å².